The quantitative estimate of drug-likeness (QED) is 0.783. The first-order valence-electron chi connectivity index (χ1n) is 10.00. The third-order valence-electron chi connectivity index (χ3n) is 5.28. The zero-order valence-electron chi connectivity index (χ0n) is 18.4. The highest BCUT2D eigenvalue weighted by atomic mass is 32.2. The Morgan fingerprint density at radius 1 is 1.13 bits per heavy atom. The van der Waals surface area contributed by atoms with Crippen LogP contribution in [-0.4, -0.2) is 32.7 Å². The molecule has 0 spiro atoms. The molecule has 1 amide bonds. The lowest BCUT2D eigenvalue weighted by Gasteiger charge is -2.38. The molecule has 1 heterocycles. The van der Waals surface area contributed by atoms with Crippen LogP contribution in [0.1, 0.15) is 48.6 Å². The summed E-state index contributed by atoms with van der Waals surface area (Å²) >= 11 is 0. The number of fused-ring (bicyclic) bond motifs is 1. The maximum atomic E-state index is 13.0. The van der Waals surface area contributed by atoms with Gasteiger partial charge in [0.1, 0.15) is 17.9 Å². The van der Waals surface area contributed by atoms with Crippen LogP contribution in [0.3, 0.4) is 0 Å². The molecular formula is C23H30N2O4S. The van der Waals surface area contributed by atoms with E-state index in [2.05, 4.69) is 5.32 Å². The van der Waals surface area contributed by atoms with Gasteiger partial charge in [-0.15, -0.1) is 0 Å². The van der Waals surface area contributed by atoms with E-state index in [9.17, 15) is 13.2 Å². The number of sulfonamides is 1. The molecule has 0 radical (unpaired) electrons. The van der Waals surface area contributed by atoms with Crippen LogP contribution >= 0.6 is 0 Å². The molecule has 6 nitrogen and oxygen atoms in total. The van der Waals surface area contributed by atoms with Gasteiger partial charge in [-0.2, -0.15) is 0 Å². The molecule has 1 unspecified atom stereocenters. The zero-order chi connectivity index (χ0) is 22.3. The fraction of sp³-hybridized carbons (Fsp3) is 0.435. The molecule has 0 bridgehead atoms. The van der Waals surface area contributed by atoms with E-state index in [1.165, 1.54) is 4.31 Å². The molecule has 2 aromatic carbocycles. The second-order valence-electron chi connectivity index (χ2n) is 8.79. The van der Waals surface area contributed by atoms with Crippen molar-refractivity contribution in [3.63, 3.8) is 0 Å². The predicted octanol–water partition coefficient (Wildman–Crippen LogP) is 3.80. The van der Waals surface area contributed by atoms with Gasteiger partial charge in [-0.05, 0) is 63.4 Å². The summed E-state index contributed by atoms with van der Waals surface area (Å²) < 4.78 is 32.2. The number of nitrogens with zero attached hydrogens (tertiary/aromatic N) is 1. The van der Waals surface area contributed by atoms with E-state index in [0.717, 1.165) is 34.3 Å². The van der Waals surface area contributed by atoms with Gasteiger partial charge in [-0.3, -0.25) is 9.10 Å². The van der Waals surface area contributed by atoms with Gasteiger partial charge in [0.05, 0.1) is 18.0 Å². The van der Waals surface area contributed by atoms with Gasteiger partial charge in [-0.25, -0.2) is 8.42 Å². The fourth-order valence-corrected chi connectivity index (χ4v) is 4.73. The van der Waals surface area contributed by atoms with Crippen LogP contribution in [0, 0.1) is 20.8 Å². The summed E-state index contributed by atoms with van der Waals surface area (Å²) in [7, 11) is -3.63. The third kappa shape index (κ3) is 4.95. The Bertz CT molecular complexity index is 1080. The number of hydrogen-bond donors (Lipinski definition) is 1. The van der Waals surface area contributed by atoms with E-state index in [1.54, 1.807) is 6.07 Å². The van der Waals surface area contributed by atoms with Crippen molar-refractivity contribution < 1.29 is 17.9 Å². The topological polar surface area (TPSA) is 75.7 Å². The van der Waals surface area contributed by atoms with Crippen LogP contribution in [0.5, 0.6) is 5.75 Å². The van der Waals surface area contributed by atoms with Crippen molar-refractivity contribution >= 4 is 21.6 Å². The molecular weight excluding hydrogens is 400 g/mol. The second-order valence-corrected chi connectivity index (χ2v) is 10.7. The Labute approximate surface area is 179 Å². The van der Waals surface area contributed by atoms with Crippen LogP contribution < -0.4 is 14.4 Å². The van der Waals surface area contributed by atoms with Crippen LogP contribution in [0.4, 0.5) is 5.69 Å². The zero-order valence-corrected chi connectivity index (χ0v) is 19.3. The first-order chi connectivity index (χ1) is 13.9. The van der Waals surface area contributed by atoms with Crippen molar-refractivity contribution in [3.8, 4) is 5.75 Å². The molecule has 162 valence electrons. The largest absolute Gasteiger partial charge is 0.487 e. The number of benzene rings is 2. The molecule has 1 aliphatic rings. The minimum absolute atomic E-state index is 0.253. The van der Waals surface area contributed by atoms with Crippen molar-refractivity contribution in [2.24, 2.45) is 0 Å². The Morgan fingerprint density at radius 2 is 1.77 bits per heavy atom. The van der Waals surface area contributed by atoms with Crippen LogP contribution in [0.2, 0.25) is 0 Å². The normalized spacial score (nSPS) is 17.6. The summed E-state index contributed by atoms with van der Waals surface area (Å²) in [5, 5.41) is 3.03. The number of amides is 1. The number of rotatable bonds is 5. The summed E-state index contributed by atoms with van der Waals surface area (Å²) in [5.41, 5.74) is 3.80. The Morgan fingerprint density at radius 3 is 2.43 bits per heavy atom. The Hall–Kier alpha value is -2.54. The van der Waals surface area contributed by atoms with Crippen molar-refractivity contribution in [2.75, 3.05) is 17.1 Å². The number of hydrogen-bond acceptors (Lipinski definition) is 4. The highest BCUT2D eigenvalue weighted by Gasteiger charge is 2.35. The maximum absolute atomic E-state index is 13.0. The van der Waals surface area contributed by atoms with Gasteiger partial charge in [0.2, 0.25) is 15.9 Å². The van der Waals surface area contributed by atoms with Crippen molar-refractivity contribution in [2.45, 2.75) is 52.7 Å². The van der Waals surface area contributed by atoms with Gasteiger partial charge < -0.3 is 10.1 Å². The first kappa shape index (κ1) is 22.2. The summed E-state index contributed by atoms with van der Waals surface area (Å²) in [5.74, 6) is 0.404. The molecule has 1 aliphatic heterocycles. The Kier molecular flexibility index (Phi) is 5.87. The molecule has 3 rings (SSSR count). The van der Waals surface area contributed by atoms with Crippen molar-refractivity contribution in [1.82, 2.24) is 5.32 Å². The van der Waals surface area contributed by atoms with Gasteiger partial charge >= 0.3 is 0 Å². The van der Waals surface area contributed by atoms with E-state index in [0.29, 0.717) is 12.1 Å². The average Bonchev–Trinajstić information content (AvgIpc) is 2.59. The van der Waals surface area contributed by atoms with Crippen LogP contribution in [-0.2, 0) is 14.8 Å². The molecule has 30 heavy (non-hydrogen) atoms. The highest BCUT2D eigenvalue weighted by Crippen LogP contribution is 2.40. The fourth-order valence-electron chi connectivity index (χ4n) is 3.83. The lowest BCUT2D eigenvalue weighted by atomic mass is 9.89. The average molecular weight is 431 g/mol. The van der Waals surface area contributed by atoms with Gasteiger partial charge in [0.15, 0.2) is 0 Å². The molecule has 1 atom stereocenters. The summed E-state index contributed by atoms with van der Waals surface area (Å²) in [6.45, 7) is 9.42. The van der Waals surface area contributed by atoms with E-state index >= 15 is 0 Å². The van der Waals surface area contributed by atoms with Gasteiger partial charge in [0, 0.05) is 12.0 Å². The number of carbonyl (C=O) groups is 1. The predicted molar refractivity (Wildman–Crippen MR) is 119 cm³/mol. The Balaban J connectivity index is 1.87. The van der Waals surface area contributed by atoms with Gasteiger partial charge in [-0.1, -0.05) is 24.3 Å². The minimum Gasteiger partial charge on any atom is -0.487 e. The molecule has 0 aliphatic carbocycles. The standard InChI is InChI=1S/C23H30N2O4S/c1-15-7-9-17(3)20(11-15)25(30(6,27)28)14-22(26)24-19-13-23(4,5)29-21-12-16(2)8-10-18(19)21/h7-12,19H,13-14H2,1-6H3,(H,24,26). The van der Waals surface area contributed by atoms with E-state index in [4.69, 9.17) is 4.74 Å². The summed E-state index contributed by atoms with van der Waals surface area (Å²) in [6.07, 6.45) is 1.72. The lowest BCUT2D eigenvalue weighted by molar-refractivity contribution is -0.120. The molecule has 0 fully saturated rings. The summed E-state index contributed by atoms with van der Waals surface area (Å²) in [6, 6.07) is 11.2. The molecule has 0 saturated heterocycles. The maximum Gasteiger partial charge on any atom is 0.241 e. The lowest BCUT2D eigenvalue weighted by Crippen LogP contribution is -2.45. The molecule has 1 N–H and O–H groups in total. The second kappa shape index (κ2) is 7.95. The number of ether oxygens (including phenoxy) is 1. The molecule has 2 aromatic rings. The number of nitrogens with one attached hydrogen (secondary N) is 1. The number of aryl methyl sites for hydroxylation is 3. The smallest absolute Gasteiger partial charge is 0.241 e. The van der Waals surface area contributed by atoms with E-state index in [1.807, 2.05) is 65.0 Å². The van der Waals surface area contributed by atoms with Crippen LogP contribution in [0.15, 0.2) is 36.4 Å². The van der Waals surface area contributed by atoms with Crippen molar-refractivity contribution in [3.05, 3.63) is 58.7 Å². The van der Waals surface area contributed by atoms with Gasteiger partial charge in [0.25, 0.3) is 0 Å². The van der Waals surface area contributed by atoms with Crippen molar-refractivity contribution in [1.29, 1.82) is 0 Å². The number of anilines is 1. The van der Waals surface area contributed by atoms with E-state index < -0.39 is 15.6 Å². The third-order valence-corrected chi connectivity index (χ3v) is 6.41. The van der Waals surface area contributed by atoms with Crippen LogP contribution in [0.25, 0.3) is 0 Å². The summed E-state index contributed by atoms with van der Waals surface area (Å²) in [4.78, 5) is 13.0. The molecule has 0 aromatic heterocycles. The highest BCUT2D eigenvalue weighted by molar-refractivity contribution is 7.92. The molecule has 7 heteroatoms. The SMILES string of the molecule is Cc1ccc2c(c1)OC(C)(C)CC2NC(=O)CN(c1cc(C)ccc1C)S(C)(=O)=O. The minimum atomic E-state index is -3.63. The monoisotopic (exact) mass is 430 g/mol. The first-order valence-corrected chi connectivity index (χ1v) is 11.8. The van der Waals surface area contributed by atoms with E-state index in [-0.39, 0.29) is 18.5 Å². The number of carbonyl (C=O) groups excluding carboxylic acids is 1. The molecule has 0 saturated carbocycles.